The van der Waals surface area contributed by atoms with Gasteiger partial charge in [-0.25, -0.2) is 9.13 Å². The van der Waals surface area contributed by atoms with Gasteiger partial charge in [0.15, 0.2) is 12.2 Å². The van der Waals surface area contributed by atoms with E-state index in [4.69, 9.17) is 37.0 Å². The summed E-state index contributed by atoms with van der Waals surface area (Å²) in [5.74, 6) is -1.33. The number of phosphoric acid groups is 2. The van der Waals surface area contributed by atoms with E-state index >= 15 is 0 Å². The lowest BCUT2D eigenvalue weighted by Crippen LogP contribution is -2.30. The van der Waals surface area contributed by atoms with Gasteiger partial charge in [-0.05, 0) is 31.6 Å². The van der Waals surface area contributed by atoms with E-state index in [0.29, 0.717) is 25.7 Å². The number of hydrogen-bond acceptors (Lipinski definition) is 15. The molecule has 5 atom stereocenters. The van der Waals surface area contributed by atoms with Crippen LogP contribution >= 0.6 is 15.6 Å². The van der Waals surface area contributed by atoms with Gasteiger partial charge >= 0.3 is 39.5 Å². The quantitative estimate of drug-likeness (QED) is 0.0222. The number of phosphoric ester groups is 2. The second kappa shape index (κ2) is 65.4. The predicted octanol–water partition coefficient (Wildman–Crippen LogP) is 20.9. The third kappa shape index (κ3) is 66.5. The maximum atomic E-state index is 13.0. The summed E-state index contributed by atoms with van der Waals surface area (Å²) in [5, 5.41) is 10.6. The van der Waals surface area contributed by atoms with Crippen LogP contribution in [0.2, 0.25) is 0 Å². The lowest BCUT2D eigenvalue weighted by molar-refractivity contribution is -0.161. The number of rotatable bonds is 72. The minimum Gasteiger partial charge on any atom is -0.462 e. The summed E-state index contributed by atoms with van der Waals surface area (Å²) >= 11 is 0. The zero-order valence-electron chi connectivity index (χ0n) is 59.0. The zero-order chi connectivity index (χ0) is 67.0. The SMILES string of the molecule is CCCCCCCCCCCCCCCCCCCC(=O)OC[C@H](COP(=O)(O)OC[C@@H](O)COP(=O)(O)OC[C@@H](COC(=O)CCCCCCCCC)OC(=O)CCCCCCCCCCCC)OC(=O)CCCCCCCCCCCCCCCCC(C)C. The molecule has 0 aliphatic rings. The van der Waals surface area contributed by atoms with Crippen molar-refractivity contribution in [2.45, 2.75) is 393 Å². The van der Waals surface area contributed by atoms with E-state index < -0.39 is 97.5 Å². The van der Waals surface area contributed by atoms with Gasteiger partial charge in [-0.2, -0.15) is 0 Å². The van der Waals surface area contributed by atoms with Gasteiger partial charge in [0.25, 0.3) is 0 Å². The third-order valence-electron chi connectivity index (χ3n) is 16.8. The van der Waals surface area contributed by atoms with Crippen molar-refractivity contribution in [3.05, 3.63) is 0 Å². The number of carbonyl (C=O) groups excluding carboxylic acids is 4. The lowest BCUT2D eigenvalue weighted by Gasteiger charge is -2.21. The molecule has 0 heterocycles. The Kier molecular flexibility index (Phi) is 64.0. The molecule has 0 aromatic carbocycles. The lowest BCUT2D eigenvalue weighted by atomic mass is 10.0. The third-order valence-corrected chi connectivity index (χ3v) is 18.7. The van der Waals surface area contributed by atoms with E-state index in [9.17, 15) is 43.2 Å². The number of esters is 4. The number of ether oxygens (including phenoxy) is 4. The summed E-state index contributed by atoms with van der Waals surface area (Å²) in [4.78, 5) is 72.5. The van der Waals surface area contributed by atoms with E-state index in [1.54, 1.807) is 0 Å². The molecular weight excluding hydrogens is 1200 g/mol. The Bertz CT molecular complexity index is 1750. The molecule has 19 heteroatoms. The van der Waals surface area contributed by atoms with E-state index in [0.717, 1.165) is 109 Å². The van der Waals surface area contributed by atoms with Crippen LogP contribution in [0.15, 0.2) is 0 Å². The number of aliphatic hydroxyl groups excluding tert-OH is 1. The topological polar surface area (TPSA) is 237 Å². The molecule has 0 amide bonds. The monoisotopic (exact) mass is 1340 g/mol. The molecule has 91 heavy (non-hydrogen) atoms. The molecule has 17 nitrogen and oxygen atoms in total. The van der Waals surface area contributed by atoms with Gasteiger partial charge in [0.1, 0.15) is 19.3 Å². The van der Waals surface area contributed by atoms with E-state index in [2.05, 4.69) is 34.6 Å². The fourth-order valence-corrected chi connectivity index (χ4v) is 12.6. The molecule has 0 saturated heterocycles. The molecule has 0 aromatic heterocycles. The summed E-state index contributed by atoms with van der Waals surface area (Å²) in [6.07, 6.45) is 52.8. The van der Waals surface area contributed by atoms with Crippen molar-refractivity contribution in [1.29, 1.82) is 0 Å². The highest BCUT2D eigenvalue weighted by Crippen LogP contribution is 2.45. The Balaban J connectivity index is 5.18. The van der Waals surface area contributed by atoms with Crippen molar-refractivity contribution in [3.63, 3.8) is 0 Å². The van der Waals surface area contributed by atoms with Crippen LogP contribution in [0.1, 0.15) is 375 Å². The van der Waals surface area contributed by atoms with E-state index in [1.165, 1.54) is 186 Å². The molecular formula is C72H140O17P2. The molecule has 0 bridgehead atoms. The van der Waals surface area contributed by atoms with Crippen molar-refractivity contribution < 1.29 is 80.2 Å². The van der Waals surface area contributed by atoms with Crippen LogP contribution in [0.5, 0.6) is 0 Å². The van der Waals surface area contributed by atoms with Crippen LogP contribution in [0, 0.1) is 5.92 Å². The standard InChI is InChI=1S/C72H140O17P2/c1-6-9-12-15-18-20-22-23-24-25-26-30-33-37-41-46-51-56-70(75)83-62-68(89-72(77)58-53-48-43-38-34-31-28-27-29-32-35-40-44-49-54-65(4)5)64-87-91(80,81)85-60-66(73)59-84-90(78,79)86-63-67(61-82-69(74)55-50-45-39-17-14-11-8-3)88-71(76)57-52-47-42-36-21-19-16-13-10-7-2/h65-68,73H,6-64H2,1-5H3,(H,78,79)(H,80,81)/t66-,67+,68+/m0/s1. The number of hydrogen-bond donors (Lipinski definition) is 3. The Morgan fingerprint density at radius 2 is 0.505 bits per heavy atom. The molecule has 0 saturated carbocycles. The second-order valence-electron chi connectivity index (χ2n) is 26.5. The molecule has 0 aliphatic heterocycles. The molecule has 3 N–H and O–H groups in total. The molecule has 0 fully saturated rings. The number of unbranched alkanes of at least 4 members (excludes halogenated alkanes) is 44. The van der Waals surface area contributed by atoms with Crippen LogP contribution in [0.3, 0.4) is 0 Å². The Morgan fingerprint density at radius 3 is 0.747 bits per heavy atom. The predicted molar refractivity (Wildman–Crippen MR) is 368 cm³/mol. The van der Waals surface area contributed by atoms with E-state index in [-0.39, 0.29) is 25.7 Å². The zero-order valence-corrected chi connectivity index (χ0v) is 60.8. The summed E-state index contributed by atoms with van der Waals surface area (Å²) < 4.78 is 68.2. The Morgan fingerprint density at radius 1 is 0.297 bits per heavy atom. The summed E-state index contributed by atoms with van der Waals surface area (Å²) in [5.41, 5.74) is 0. The van der Waals surface area contributed by atoms with Gasteiger partial charge in [-0.1, -0.05) is 324 Å². The summed E-state index contributed by atoms with van der Waals surface area (Å²) in [6, 6.07) is 0. The highest BCUT2D eigenvalue weighted by Gasteiger charge is 2.30. The minimum atomic E-state index is -4.95. The summed E-state index contributed by atoms with van der Waals surface area (Å²) in [7, 11) is -9.89. The fraction of sp³-hybridized carbons (Fsp3) is 0.944. The van der Waals surface area contributed by atoms with Crippen LogP contribution in [0.25, 0.3) is 0 Å². The highest BCUT2D eigenvalue weighted by molar-refractivity contribution is 7.47. The van der Waals surface area contributed by atoms with Gasteiger partial charge in [0.2, 0.25) is 0 Å². The first kappa shape index (κ1) is 89.1. The highest BCUT2D eigenvalue weighted by atomic mass is 31.2. The molecule has 0 aromatic rings. The molecule has 0 radical (unpaired) electrons. The smallest absolute Gasteiger partial charge is 0.462 e. The van der Waals surface area contributed by atoms with Crippen LogP contribution in [-0.2, 0) is 65.4 Å². The van der Waals surface area contributed by atoms with Crippen molar-refractivity contribution in [2.75, 3.05) is 39.6 Å². The Hall–Kier alpha value is -1.94. The molecule has 540 valence electrons. The van der Waals surface area contributed by atoms with Crippen molar-refractivity contribution >= 4 is 39.5 Å². The van der Waals surface area contributed by atoms with E-state index in [1.807, 2.05) is 0 Å². The fourth-order valence-electron chi connectivity index (χ4n) is 11.0. The largest absolute Gasteiger partial charge is 0.472 e. The molecule has 0 spiro atoms. The first-order valence-corrected chi connectivity index (χ1v) is 40.6. The molecule has 0 rings (SSSR count). The van der Waals surface area contributed by atoms with Crippen molar-refractivity contribution in [3.8, 4) is 0 Å². The molecule has 0 aliphatic carbocycles. The first-order chi connectivity index (χ1) is 44.0. The van der Waals surface area contributed by atoms with Gasteiger partial charge in [0, 0.05) is 25.7 Å². The van der Waals surface area contributed by atoms with Gasteiger partial charge < -0.3 is 33.8 Å². The minimum absolute atomic E-state index is 0.106. The maximum Gasteiger partial charge on any atom is 0.472 e. The maximum absolute atomic E-state index is 13.0. The van der Waals surface area contributed by atoms with Gasteiger partial charge in [0.05, 0.1) is 26.4 Å². The van der Waals surface area contributed by atoms with Crippen LogP contribution < -0.4 is 0 Å². The second-order valence-corrected chi connectivity index (χ2v) is 29.4. The van der Waals surface area contributed by atoms with Gasteiger partial charge in [-0.15, -0.1) is 0 Å². The summed E-state index contributed by atoms with van der Waals surface area (Å²) in [6.45, 7) is 7.24. The van der Waals surface area contributed by atoms with Crippen LogP contribution in [0.4, 0.5) is 0 Å². The van der Waals surface area contributed by atoms with Crippen molar-refractivity contribution in [2.24, 2.45) is 5.92 Å². The number of carbonyl (C=O) groups is 4. The first-order valence-electron chi connectivity index (χ1n) is 37.6. The average molecular weight is 1340 g/mol. The normalized spacial score (nSPS) is 14.0. The van der Waals surface area contributed by atoms with Crippen molar-refractivity contribution in [1.82, 2.24) is 0 Å². The number of aliphatic hydroxyl groups is 1. The average Bonchev–Trinajstić information content (AvgIpc) is 3.63. The van der Waals surface area contributed by atoms with Gasteiger partial charge in [-0.3, -0.25) is 37.3 Å². The Labute approximate surface area is 556 Å². The molecule has 2 unspecified atom stereocenters. The van der Waals surface area contributed by atoms with Crippen LogP contribution in [-0.4, -0.2) is 96.7 Å².